The van der Waals surface area contributed by atoms with Crippen LogP contribution in [0.25, 0.3) is 0 Å². The largest absolute Gasteiger partial charge is 0.370 e. The second-order valence-corrected chi connectivity index (χ2v) is 7.16. The van der Waals surface area contributed by atoms with Crippen LogP contribution in [0.15, 0.2) is 24.3 Å². The van der Waals surface area contributed by atoms with Crippen molar-refractivity contribution < 1.29 is 13.9 Å². The van der Waals surface area contributed by atoms with Crippen LogP contribution in [0, 0.1) is 11.2 Å². The first-order chi connectivity index (χ1) is 11.6. The van der Waals surface area contributed by atoms with Crippen molar-refractivity contribution in [3.8, 4) is 0 Å². The van der Waals surface area contributed by atoms with Gasteiger partial charge in [-0.2, -0.15) is 0 Å². The van der Waals surface area contributed by atoms with E-state index in [0.717, 1.165) is 25.7 Å². The van der Waals surface area contributed by atoms with Gasteiger partial charge in [-0.15, -0.1) is 0 Å². The Bertz CT molecular complexity index is 572. The highest BCUT2D eigenvalue weighted by Crippen LogP contribution is 2.39. The number of amides is 1. The molecule has 2 N–H and O–H groups in total. The van der Waals surface area contributed by atoms with Crippen molar-refractivity contribution in [2.45, 2.75) is 44.6 Å². The minimum atomic E-state index is -0.385. The van der Waals surface area contributed by atoms with Gasteiger partial charge in [-0.1, -0.05) is 37.5 Å². The quantitative estimate of drug-likeness (QED) is 0.921. The zero-order valence-corrected chi connectivity index (χ0v) is 14.2. The molecule has 1 atom stereocenters. The third-order valence-electron chi connectivity index (χ3n) is 5.54. The molecule has 0 bridgehead atoms. The number of nitrogens with two attached hydrogens (primary N) is 1. The van der Waals surface area contributed by atoms with E-state index in [1.807, 2.05) is 4.90 Å². The first-order valence-corrected chi connectivity index (χ1v) is 8.97. The summed E-state index contributed by atoms with van der Waals surface area (Å²) in [6.45, 7) is 2.01. The molecule has 2 aliphatic rings. The lowest BCUT2D eigenvalue weighted by atomic mass is 9.71. The van der Waals surface area contributed by atoms with Crippen LogP contribution in [0.5, 0.6) is 0 Å². The summed E-state index contributed by atoms with van der Waals surface area (Å²) >= 11 is 0. The van der Waals surface area contributed by atoms with Crippen LogP contribution < -0.4 is 5.73 Å². The van der Waals surface area contributed by atoms with Crippen LogP contribution in [-0.2, 0) is 9.53 Å². The topological polar surface area (TPSA) is 55.6 Å². The summed E-state index contributed by atoms with van der Waals surface area (Å²) in [4.78, 5) is 14.6. The number of morpholine rings is 1. The van der Waals surface area contributed by atoms with Crippen molar-refractivity contribution in [1.82, 2.24) is 4.90 Å². The zero-order valence-electron chi connectivity index (χ0n) is 14.2. The summed E-state index contributed by atoms with van der Waals surface area (Å²) in [7, 11) is 0. The first kappa shape index (κ1) is 17.4. The molecular weight excluding hydrogens is 307 g/mol. The van der Waals surface area contributed by atoms with Crippen LogP contribution >= 0.6 is 0 Å². The Morgan fingerprint density at radius 3 is 2.75 bits per heavy atom. The number of nitrogens with zero attached hydrogens (tertiary/aromatic N) is 1. The summed E-state index contributed by atoms with van der Waals surface area (Å²) in [5.41, 5.74) is 6.50. The molecule has 2 fully saturated rings. The lowest BCUT2D eigenvalue weighted by Gasteiger charge is -2.39. The molecule has 1 heterocycles. The fourth-order valence-electron chi connectivity index (χ4n) is 3.99. The van der Waals surface area contributed by atoms with Gasteiger partial charge in [0.2, 0.25) is 5.91 Å². The molecule has 132 valence electrons. The third-order valence-corrected chi connectivity index (χ3v) is 5.54. The van der Waals surface area contributed by atoms with E-state index in [4.69, 9.17) is 10.5 Å². The molecule has 4 nitrogen and oxygen atoms in total. The molecule has 0 spiro atoms. The maximum Gasteiger partial charge on any atom is 0.223 e. The van der Waals surface area contributed by atoms with Crippen LogP contribution in [0.1, 0.15) is 50.2 Å². The highest BCUT2D eigenvalue weighted by atomic mass is 19.1. The number of ether oxygens (including phenoxy) is 1. The maximum atomic E-state index is 14.0. The molecule has 0 radical (unpaired) electrons. The van der Waals surface area contributed by atoms with Crippen molar-refractivity contribution in [3.05, 3.63) is 35.6 Å². The molecule has 24 heavy (non-hydrogen) atoms. The molecule has 1 amide bonds. The van der Waals surface area contributed by atoms with E-state index >= 15 is 0 Å². The van der Waals surface area contributed by atoms with Crippen LogP contribution in [-0.4, -0.2) is 37.0 Å². The van der Waals surface area contributed by atoms with Gasteiger partial charge >= 0.3 is 0 Å². The summed E-state index contributed by atoms with van der Waals surface area (Å²) in [5, 5.41) is 0. The highest BCUT2D eigenvalue weighted by Gasteiger charge is 2.36. The monoisotopic (exact) mass is 334 g/mol. The SMILES string of the molecule is NCC1(CC(=O)N2CCOC(c3ccccc3F)C2)CCCCC1. The van der Waals surface area contributed by atoms with Gasteiger partial charge in [-0.3, -0.25) is 4.79 Å². The minimum absolute atomic E-state index is 0.0405. The molecule has 3 rings (SSSR count). The van der Waals surface area contributed by atoms with E-state index in [1.54, 1.807) is 18.2 Å². The summed E-state index contributed by atoms with van der Waals surface area (Å²) in [5.74, 6) is -0.144. The average Bonchev–Trinajstić information content (AvgIpc) is 2.63. The zero-order chi connectivity index (χ0) is 17.0. The Balaban J connectivity index is 1.66. The molecule has 0 aromatic heterocycles. The Morgan fingerprint density at radius 1 is 1.29 bits per heavy atom. The second-order valence-electron chi connectivity index (χ2n) is 7.16. The van der Waals surface area contributed by atoms with Crippen molar-refractivity contribution in [1.29, 1.82) is 0 Å². The van der Waals surface area contributed by atoms with Gasteiger partial charge < -0.3 is 15.4 Å². The van der Waals surface area contributed by atoms with Crippen molar-refractivity contribution in [3.63, 3.8) is 0 Å². The highest BCUT2D eigenvalue weighted by molar-refractivity contribution is 5.77. The Hall–Kier alpha value is -1.46. The second kappa shape index (κ2) is 7.62. The Morgan fingerprint density at radius 2 is 2.04 bits per heavy atom. The molecule has 1 saturated carbocycles. The molecular formula is C19H27FN2O2. The normalized spacial score (nSPS) is 23.9. The lowest BCUT2D eigenvalue weighted by Crippen LogP contribution is -2.46. The van der Waals surface area contributed by atoms with Crippen molar-refractivity contribution in [2.24, 2.45) is 11.1 Å². The Labute approximate surface area is 143 Å². The molecule has 5 heteroatoms. The Kier molecular flexibility index (Phi) is 5.51. The number of halogens is 1. The lowest BCUT2D eigenvalue weighted by molar-refractivity contribution is -0.142. The van der Waals surface area contributed by atoms with E-state index in [0.29, 0.717) is 38.2 Å². The molecule has 1 aliphatic heterocycles. The van der Waals surface area contributed by atoms with Crippen LogP contribution in [0.4, 0.5) is 4.39 Å². The van der Waals surface area contributed by atoms with Gasteiger partial charge in [0.15, 0.2) is 0 Å². The number of hydrogen-bond donors (Lipinski definition) is 1. The molecule has 1 unspecified atom stereocenters. The standard InChI is InChI=1S/C19H27FN2O2/c20-16-7-3-2-6-15(16)17-13-22(10-11-24-17)18(23)12-19(14-21)8-4-1-5-9-19/h2-3,6-7,17H,1,4-5,8-14,21H2. The number of rotatable bonds is 4. The fraction of sp³-hybridized carbons (Fsp3) is 0.632. The van der Waals surface area contributed by atoms with Gasteiger partial charge in [-0.25, -0.2) is 4.39 Å². The number of hydrogen-bond acceptors (Lipinski definition) is 3. The van der Waals surface area contributed by atoms with Crippen molar-refractivity contribution in [2.75, 3.05) is 26.2 Å². The summed E-state index contributed by atoms with van der Waals surface area (Å²) in [6, 6.07) is 6.63. The third kappa shape index (κ3) is 3.78. The van der Waals surface area contributed by atoms with Crippen LogP contribution in [0.2, 0.25) is 0 Å². The van der Waals surface area contributed by atoms with Crippen LogP contribution in [0.3, 0.4) is 0 Å². The van der Waals surface area contributed by atoms with Gasteiger partial charge in [0.05, 0.1) is 13.2 Å². The van der Waals surface area contributed by atoms with Gasteiger partial charge in [0, 0.05) is 18.5 Å². The first-order valence-electron chi connectivity index (χ1n) is 8.97. The summed E-state index contributed by atoms with van der Waals surface area (Å²) in [6.07, 6.45) is 5.75. The summed E-state index contributed by atoms with van der Waals surface area (Å²) < 4.78 is 19.7. The van der Waals surface area contributed by atoms with E-state index < -0.39 is 0 Å². The van der Waals surface area contributed by atoms with E-state index in [-0.39, 0.29) is 23.2 Å². The number of benzene rings is 1. The molecule has 1 aliphatic carbocycles. The predicted molar refractivity (Wildman–Crippen MR) is 90.9 cm³/mol. The van der Waals surface area contributed by atoms with E-state index in [2.05, 4.69) is 0 Å². The van der Waals surface area contributed by atoms with Gasteiger partial charge in [0.1, 0.15) is 11.9 Å². The predicted octanol–water partition coefficient (Wildman–Crippen LogP) is 3.02. The number of carbonyl (C=O) groups excluding carboxylic acids is 1. The fourth-order valence-corrected chi connectivity index (χ4v) is 3.99. The smallest absolute Gasteiger partial charge is 0.223 e. The molecule has 1 saturated heterocycles. The average molecular weight is 334 g/mol. The van der Waals surface area contributed by atoms with E-state index in [9.17, 15) is 9.18 Å². The minimum Gasteiger partial charge on any atom is -0.370 e. The van der Waals surface area contributed by atoms with E-state index in [1.165, 1.54) is 12.5 Å². The van der Waals surface area contributed by atoms with Crippen molar-refractivity contribution >= 4 is 5.91 Å². The van der Waals surface area contributed by atoms with Gasteiger partial charge in [-0.05, 0) is 30.9 Å². The molecule has 1 aromatic carbocycles. The maximum absolute atomic E-state index is 14.0. The molecule has 1 aromatic rings. The number of carbonyl (C=O) groups is 1. The van der Waals surface area contributed by atoms with Gasteiger partial charge in [0.25, 0.3) is 0 Å².